The van der Waals surface area contributed by atoms with Crippen molar-refractivity contribution in [2.45, 2.75) is 12.8 Å². The molecule has 1 aromatic carbocycles. The standard InChI is InChI=1S/C14H11N/c1-2-12(7-6-11-4-5-11)14-10-15-9-8-13(14)3-1/h1-3,8-11H,4-5H2. The van der Waals surface area contributed by atoms with Gasteiger partial charge in [0.1, 0.15) is 0 Å². The van der Waals surface area contributed by atoms with Crippen molar-refractivity contribution < 1.29 is 0 Å². The fourth-order valence-electron chi connectivity index (χ4n) is 1.63. The molecular formula is C14H11N. The molecule has 0 amide bonds. The summed E-state index contributed by atoms with van der Waals surface area (Å²) in [7, 11) is 0. The molecule has 1 heteroatoms. The van der Waals surface area contributed by atoms with Gasteiger partial charge in [0.15, 0.2) is 0 Å². The molecule has 1 aromatic heterocycles. The van der Waals surface area contributed by atoms with Crippen molar-refractivity contribution in [2.75, 3.05) is 0 Å². The summed E-state index contributed by atoms with van der Waals surface area (Å²) in [4.78, 5) is 4.15. The predicted octanol–water partition coefficient (Wildman–Crippen LogP) is 3.00. The summed E-state index contributed by atoms with van der Waals surface area (Å²) in [5.41, 5.74) is 1.10. The normalized spacial score (nSPS) is 14.7. The molecule has 0 spiro atoms. The Hall–Kier alpha value is -1.81. The van der Waals surface area contributed by atoms with Gasteiger partial charge in [0.05, 0.1) is 0 Å². The maximum Gasteiger partial charge on any atom is 0.0358 e. The van der Waals surface area contributed by atoms with E-state index >= 15 is 0 Å². The van der Waals surface area contributed by atoms with Crippen LogP contribution in [0, 0.1) is 17.8 Å². The van der Waals surface area contributed by atoms with Gasteiger partial charge in [-0.15, -0.1) is 0 Å². The third-order valence-electron chi connectivity index (χ3n) is 2.67. The number of fused-ring (bicyclic) bond motifs is 1. The summed E-state index contributed by atoms with van der Waals surface area (Å²) in [6.07, 6.45) is 6.26. The first kappa shape index (κ1) is 8.49. The summed E-state index contributed by atoms with van der Waals surface area (Å²) < 4.78 is 0. The van der Waals surface area contributed by atoms with E-state index in [9.17, 15) is 0 Å². The lowest BCUT2D eigenvalue weighted by atomic mass is 10.1. The second-order valence-corrected chi connectivity index (χ2v) is 3.95. The maximum atomic E-state index is 4.15. The second kappa shape index (κ2) is 3.40. The van der Waals surface area contributed by atoms with Crippen LogP contribution in [0.2, 0.25) is 0 Å². The van der Waals surface area contributed by atoms with Crippen LogP contribution in [0.5, 0.6) is 0 Å². The SMILES string of the molecule is C(#CC1CC1)c1cccc2ccncc12. The van der Waals surface area contributed by atoms with E-state index in [1.54, 1.807) is 0 Å². The zero-order chi connectivity index (χ0) is 10.1. The van der Waals surface area contributed by atoms with E-state index in [0.717, 1.165) is 10.9 Å². The van der Waals surface area contributed by atoms with Crippen LogP contribution in [0.25, 0.3) is 10.8 Å². The molecule has 0 N–H and O–H groups in total. The number of aromatic nitrogens is 1. The Morgan fingerprint density at radius 2 is 2.13 bits per heavy atom. The zero-order valence-electron chi connectivity index (χ0n) is 8.40. The molecule has 1 saturated carbocycles. The Bertz CT molecular complexity index is 551. The third kappa shape index (κ3) is 1.71. The van der Waals surface area contributed by atoms with Crippen LogP contribution in [0.1, 0.15) is 18.4 Å². The third-order valence-corrected chi connectivity index (χ3v) is 2.67. The highest BCUT2D eigenvalue weighted by Crippen LogP contribution is 2.28. The largest absolute Gasteiger partial charge is 0.264 e. The molecule has 72 valence electrons. The van der Waals surface area contributed by atoms with E-state index in [0.29, 0.717) is 5.92 Å². The van der Waals surface area contributed by atoms with Crippen LogP contribution in [-0.4, -0.2) is 4.98 Å². The van der Waals surface area contributed by atoms with Crippen LogP contribution < -0.4 is 0 Å². The van der Waals surface area contributed by atoms with Crippen LogP contribution in [0.3, 0.4) is 0 Å². The number of nitrogens with zero attached hydrogens (tertiary/aromatic N) is 1. The lowest BCUT2D eigenvalue weighted by molar-refractivity contribution is 1.18. The van der Waals surface area contributed by atoms with Gasteiger partial charge in [0.2, 0.25) is 0 Å². The highest BCUT2D eigenvalue weighted by atomic mass is 14.6. The molecule has 1 heterocycles. The quantitative estimate of drug-likeness (QED) is 0.586. The molecule has 0 unspecified atom stereocenters. The molecule has 0 bridgehead atoms. The van der Waals surface area contributed by atoms with Crippen LogP contribution in [0.15, 0.2) is 36.7 Å². The summed E-state index contributed by atoms with van der Waals surface area (Å²) in [6, 6.07) is 8.25. The summed E-state index contributed by atoms with van der Waals surface area (Å²) >= 11 is 0. The highest BCUT2D eigenvalue weighted by Gasteiger charge is 2.17. The molecule has 0 atom stereocenters. The first-order valence-corrected chi connectivity index (χ1v) is 5.28. The smallest absolute Gasteiger partial charge is 0.0358 e. The molecule has 15 heavy (non-hydrogen) atoms. The van der Waals surface area contributed by atoms with E-state index in [2.05, 4.69) is 35.0 Å². The molecule has 3 rings (SSSR count). The summed E-state index contributed by atoms with van der Waals surface area (Å²) in [5, 5.41) is 2.38. The molecule has 2 aromatic rings. The lowest BCUT2D eigenvalue weighted by Crippen LogP contribution is -1.81. The monoisotopic (exact) mass is 193 g/mol. The first-order valence-electron chi connectivity index (χ1n) is 5.28. The Labute approximate surface area is 89.2 Å². The summed E-state index contributed by atoms with van der Waals surface area (Å²) in [6.45, 7) is 0. The van der Waals surface area contributed by atoms with Gasteiger partial charge in [-0.2, -0.15) is 0 Å². The molecule has 1 fully saturated rings. The predicted molar refractivity (Wildman–Crippen MR) is 61.3 cm³/mol. The minimum absolute atomic E-state index is 0.650. The Balaban J connectivity index is 2.13. The van der Waals surface area contributed by atoms with Crippen molar-refractivity contribution in [3.8, 4) is 11.8 Å². The molecule has 1 aliphatic rings. The highest BCUT2D eigenvalue weighted by molar-refractivity contribution is 5.87. The number of rotatable bonds is 0. The zero-order valence-corrected chi connectivity index (χ0v) is 8.40. The van der Waals surface area contributed by atoms with E-state index in [4.69, 9.17) is 0 Å². The Morgan fingerprint density at radius 3 is 3.00 bits per heavy atom. The van der Waals surface area contributed by atoms with Crippen molar-refractivity contribution in [3.63, 3.8) is 0 Å². The van der Waals surface area contributed by atoms with Gasteiger partial charge < -0.3 is 0 Å². The maximum absolute atomic E-state index is 4.15. The van der Waals surface area contributed by atoms with Gasteiger partial charge in [-0.3, -0.25) is 4.98 Å². The number of hydrogen-bond donors (Lipinski definition) is 0. The molecule has 0 aliphatic heterocycles. The van der Waals surface area contributed by atoms with Crippen molar-refractivity contribution >= 4 is 10.8 Å². The topological polar surface area (TPSA) is 12.9 Å². The van der Waals surface area contributed by atoms with Crippen LogP contribution in [-0.2, 0) is 0 Å². The Kier molecular flexibility index (Phi) is 1.93. The number of benzene rings is 1. The van der Waals surface area contributed by atoms with E-state index in [1.807, 2.05) is 18.5 Å². The van der Waals surface area contributed by atoms with E-state index < -0.39 is 0 Å². The van der Waals surface area contributed by atoms with Gasteiger partial charge in [0, 0.05) is 29.3 Å². The molecule has 1 nitrogen and oxygen atoms in total. The van der Waals surface area contributed by atoms with Crippen molar-refractivity contribution in [3.05, 3.63) is 42.2 Å². The summed E-state index contributed by atoms with van der Waals surface area (Å²) in [5.74, 6) is 7.20. The van der Waals surface area contributed by atoms with Crippen molar-refractivity contribution in [2.24, 2.45) is 5.92 Å². The molecular weight excluding hydrogens is 182 g/mol. The average molecular weight is 193 g/mol. The van der Waals surface area contributed by atoms with Gasteiger partial charge in [-0.05, 0) is 30.4 Å². The minimum atomic E-state index is 0.650. The minimum Gasteiger partial charge on any atom is -0.264 e. The second-order valence-electron chi connectivity index (χ2n) is 3.95. The molecule has 0 saturated heterocycles. The van der Waals surface area contributed by atoms with Gasteiger partial charge in [0.25, 0.3) is 0 Å². The lowest BCUT2D eigenvalue weighted by Gasteiger charge is -1.98. The van der Waals surface area contributed by atoms with Gasteiger partial charge >= 0.3 is 0 Å². The average Bonchev–Trinajstić information content (AvgIpc) is 3.10. The van der Waals surface area contributed by atoms with Gasteiger partial charge in [-0.25, -0.2) is 0 Å². The fourth-order valence-corrected chi connectivity index (χ4v) is 1.63. The van der Waals surface area contributed by atoms with Crippen molar-refractivity contribution in [1.29, 1.82) is 0 Å². The number of pyridine rings is 1. The van der Waals surface area contributed by atoms with Crippen LogP contribution >= 0.6 is 0 Å². The fraction of sp³-hybridized carbons (Fsp3) is 0.214. The first-order chi connectivity index (χ1) is 7.43. The van der Waals surface area contributed by atoms with Crippen molar-refractivity contribution in [1.82, 2.24) is 4.98 Å². The van der Waals surface area contributed by atoms with E-state index in [1.165, 1.54) is 18.2 Å². The van der Waals surface area contributed by atoms with Crippen LogP contribution in [0.4, 0.5) is 0 Å². The Morgan fingerprint density at radius 1 is 1.20 bits per heavy atom. The van der Waals surface area contributed by atoms with Gasteiger partial charge in [-0.1, -0.05) is 24.0 Å². The molecule has 0 radical (unpaired) electrons. The number of hydrogen-bond acceptors (Lipinski definition) is 1. The molecule has 1 aliphatic carbocycles. The van der Waals surface area contributed by atoms with E-state index in [-0.39, 0.29) is 0 Å².